The van der Waals surface area contributed by atoms with Crippen molar-refractivity contribution in [2.45, 2.75) is 17.7 Å². The average molecular weight is 288 g/mol. The van der Waals surface area contributed by atoms with Crippen LogP contribution in [0.4, 0.5) is 10.1 Å². The van der Waals surface area contributed by atoms with Gasteiger partial charge in [0.15, 0.2) is 9.84 Å². The van der Waals surface area contributed by atoms with Gasteiger partial charge in [-0.2, -0.15) is 0 Å². The molecule has 0 aliphatic rings. The molecule has 1 aromatic rings. The van der Waals surface area contributed by atoms with E-state index in [0.29, 0.717) is 0 Å². The minimum atomic E-state index is -3.59. The van der Waals surface area contributed by atoms with Gasteiger partial charge in [-0.3, -0.25) is 4.79 Å². The topological polar surface area (TPSA) is 80.5 Å². The van der Waals surface area contributed by atoms with Crippen LogP contribution in [0.2, 0.25) is 0 Å². The minimum absolute atomic E-state index is 0.0956. The largest absolute Gasteiger partial charge is 0.396 e. The van der Waals surface area contributed by atoms with Crippen molar-refractivity contribution in [1.82, 2.24) is 4.90 Å². The Balaban J connectivity index is 2.71. The van der Waals surface area contributed by atoms with Crippen molar-refractivity contribution >= 4 is 21.4 Å². The summed E-state index contributed by atoms with van der Waals surface area (Å²) in [7, 11) is -0.380. The summed E-state index contributed by atoms with van der Waals surface area (Å²) in [6.07, 6.45) is 0.342. The third kappa shape index (κ3) is 4.20. The summed E-state index contributed by atoms with van der Waals surface area (Å²) < 4.78 is 37.0. The fourth-order valence-corrected chi connectivity index (χ4v) is 2.77. The van der Waals surface area contributed by atoms with Crippen molar-refractivity contribution in [3.8, 4) is 0 Å². The number of nitrogens with zero attached hydrogens (tertiary/aromatic N) is 1. The number of nitrogen functional groups attached to an aromatic ring is 1. The molecule has 0 aromatic heterocycles. The summed E-state index contributed by atoms with van der Waals surface area (Å²) in [4.78, 5) is 12.6. The summed E-state index contributed by atoms with van der Waals surface area (Å²) in [5.74, 6) is -1.10. The zero-order valence-electron chi connectivity index (χ0n) is 10.9. The van der Waals surface area contributed by atoms with Crippen LogP contribution in [0, 0.1) is 5.82 Å². The highest BCUT2D eigenvalue weighted by atomic mass is 32.2. The number of nitrogens with two attached hydrogens (primary N) is 1. The van der Waals surface area contributed by atoms with Crippen LogP contribution in [0.1, 0.15) is 12.8 Å². The van der Waals surface area contributed by atoms with E-state index >= 15 is 0 Å². The number of sulfone groups is 1. The van der Waals surface area contributed by atoms with E-state index in [1.54, 1.807) is 14.1 Å². The van der Waals surface area contributed by atoms with Crippen LogP contribution in [0.15, 0.2) is 23.1 Å². The molecule has 0 aliphatic carbocycles. The van der Waals surface area contributed by atoms with Crippen molar-refractivity contribution in [2.24, 2.45) is 0 Å². The lowest BCUT2D eigenvalue weighted by atomic mass is 10.3. The summed E-state index contributed by atoms with van der Waals surface area (Å²) in [5.41, 5.74) is 5.19. The summed E-state index contributed by atoms with van der Waals surface area (Å²) >= 11 is 0. The molecule has 5 nitrogen and oxygen atoms in total. The van der Waals surface area contributed by atoms with Gasteiger partial charge in [-0.25, -0.2) is 12.8 Å². The molecule has 19 heavy (non-hydrogen) atoms. The van der Waals surface area contributed by atoms with Gasteiger partial charge in [-0.15, -0.1) is 0 Å². The highest BCUT2D eigenvalue weighted by Gasteiger charge is 2.16. The molecule has 0 bridgehead atoms. The van der Waals surface area contributed by atoms with Gasteiger partial charge in [0.1, 0.15) is 5.82 Å². The van der Waals surface area contributed by atoms with E-state index in [1.807, 2.05) is 0 Å². The first kappa shape index (κ1) is 15.4. The van der Waals surface area contributed by atoms with Crippen molar-refractivity contribution in [2.75, 3.05) is 25.6 Å². The van der Waals surface area contributed by atoms with Gasteiger partial charge in [-0.05, 0) is 24.6 Å². The molecule has 0 radical (unpaired) electrons. The Labute approximate surface area is 112 Å². The quantitative estimate of drug-likeness (QED) is 0.821. The van der Waals surface area contributed by atoms with Gasteiger partial charge in [-0.1, -0.05) is 0 Å². The van der Waals surface area contributed by atoms with Crippen LogP contribution in [-0.2, 0) is 14.6 Å². The molecule has 2 N–H and O–H groups in total. The molecule has 0 aliphatic heterocycles. The molecule has 0 fully saturated rings. The maximum Gasteiger partial charge on any atom is 0.222 e. The SMILES string of the molecule is CN(C)C(=O)CCCS(=O)(=O)c1ccc(N)c(F)c1. The fraction of sp³-hybridized carbons (Fsp3) is 0.417. The zero-order valence-corrected chi connectivity index (χ0v) is 11.7. The molecular formula is C12H17FN2O3S. The first-order chi connectivity index (χ1) is 8.74. The van der Waals surface area contributed by atoms with Crippen LogP contribution >= 0.6 is 0 Å². The third-order valence-corrected chi connectivity index (χ3v) is 4.43. The summed E-state index contributed by atoms with van der Waals surface area (Å²) in [6, 6.07) is 3.38. The number of carbonyl (C=O) groups excluding carboxylic acids is 1. The number of benzene rings is 1. The highest BCUT2D eigenvalue weighted by molar-refractivity contribution is 7.91. The van der Waals surface area contributed by atoms with Gasteiger partial charge in [0.25, 0.3) is 0 Å². The number of halogens is 1. The molecule has 1 aromatic carbocycles. The molecule has 0 saturated heterocycles. The lowest BCUT2D eigenvalue weighted by molar-refractivity contribution is -0.128. The van der Waals surface area contributed by atoms with Crippen molar-refractivity contribution in [3.05, 3.63) is 24.0 Å². The number of amides is 1. The number of hydrogen-bond acceptors (Lipinski definition) is 4. The van der Waals surface area contributed by atoms with Gasteiger partial charge in [0.05, 0.1) is 16.3 Å². The van der Waals surface area contributed by atoms with E-state index in [1.165, 1.54) is 17.0 Å². The van der Waals surface area contributed by atoms with Gasteiger partial charge >= 0.3 is 0 Å². The van der Waals surface area contributed by atoms with E-state index in [9.17, 15) is 17.6 Å². The molecule has 7 heteroatoms. The second kappa shape index (κ2) is 6.01. The minimum Gasteiger partial charge on any atom is -0.396 e. The van der Waals surface area contributed by atoms with Crippen molar-refractivity contribution in [1.29, 1.82) is 0 Å². The lowest BCUT2D eigenvalue weighted by Gasteiger charge is -2.10. The lowest BCUT2D eigenvalue weighted by Crippen LogP contribution is -2.22. The molecule has 1 rings (SSSR count). The Bertz CT molecular complexity index is 570. The monoisotopic (exact) mass is 288 g/mol. The molecular weight excluding hydrogens is 271 g/mol. The Morgan fingerprint density at radius 1 is 1.37 bits per heavy atom. The van der Waals surface area contributed by atoms with Crippen molar-refractivity contribution < 1.29 is 17.6 Å². The van der Waals surface area contributed by atoms with Crippen LogP contribution in [0.25, 0.3) is 0 Å². The molecule has 0 spiro atoms. The fourth-order valence-electron chi connectivity index (χ4n) is 1.46. The number of anilines is 1. The maximum atomic E-state index is 13.2. The Morgan fingerprint density at radius 3 is 2.53 bits per heavy atom. The van der Waals surface area contributed by atoms with Crippen LogP contribution in [-0.4, -0.2) is 39.1 Å². The molecule has 0 heterocycles. The van der Waals surface area contributed by atoms with Gasteiger partial charge in [0.2, 0.25) is 5.91 Å². The molecule has 0 atom stereocenters. The normalized spacial score (nSPS) is 11.3. The van der Waals surface area contributed by atoms with Gasteiger partial charge in [0, 0.05) is 20.5 Å². The second-order valence-electron chi connectivity index (χ2n) is 4.39. The maximum absolute atomic E-state index is 13.2. The van der Waals surface area contributed by atoms with E-state index in [4.69, 9.17) is 5.73 Å². The Hall–Kier alpha value is -1.63. The van der Waals surface area contributed by atoms with Crippen LogP contribution in [0.5, 0.6) is 0 Å². The number of rotatable bonds is 5. The molecule has 106 valence electrons. The van der Waals surface area contributed by atoms with Crippen LogP contribution < -0.4 is 5.73 Å². The average Bonchev–Trinajstić information content (AvgIpc) is 2.32. The number of hydrogen-bond donors (Lipinski definition) is 1. The summed E-state index contributed by atoms with van der Waals surface area (Å²) in [5, 5.41) is 0. The Kier molecular flexibility index (Phi) is 4.88. The first-order valence-corrected chi connectivity index (χ1v) is 7.37. The van der Waals surface area contributed by atoms with Gasteiger partial charge < -0.3 is 10.6 Å². The predicted molar refractivity (Wildman–Crippen MR) is 70.8 cm³/mol. The standard InChI is InChI=1S/C12H17FN2O3S/c1-15(2)12(16)4-3-7-19(17,18)9-5-6-11(14)10(13)8-9/h5-6,8H,3-4,7,14H2,1-2H3. The van der Waals surface area contributed by atoms with Crippen molar-refractivity contribution in [3.63, 3.8) is 0 Å². The van der Waals surface area contributed by atoms with E-state index in [-0.39, 0.29) is 35.1 Å². The van der Waals surface area contributed by atoms with E-state index in [0.717, 1.165) is 6.07 Å². The Morgan fingerprint density at radius 2 is 2.00 bits per heavy atom. The molecule has 0 unspecified atom stereocenters. The zero-order chi connectivity index (χ0) is 14.6. The third-order valence-electron chi connectivity index (χ3n) is 2.63. The van der Waals surface area contributed by atoms with Crippen LogP contribution in [0.3, 0.4) is 0 Å². The number of carbonyl (C=O) groups is 1. The smallest absolute Gasteiger partial charge is 0.222 e. The first-order valence-electron chi connectivity index (χ1n) is 5.72. The van der Waals surface area contributed by atoms with E-state index < -0.39 is 15.7 Å². The summed E-state index contributed by atoms with van der Waals surface area (Å²) in [6.45, 7) is 0. The predicted octanol–water partition coefficient (Wildman–Crippen LogP) is 1.05. The van der Waals surface area contributed by atoms with E-state index in [2.05, 4.69) is 0 Å². The molecule has 1 amide bonds. The highest BCUT2D eigenvalue weighted by Crippen LogP contribution is 2.18. The second-order valence-corrected chi connectivity index (χ2v) is 6.50. The molecule has 0 saturated carbocycles.